The van der Waals surface area contributed by atoms with Crippen LogP contribution in [0.3, 0.4) is 0 Å². The van der Waals surface area contributed by atoms with Gasteiger partial charge in [-0.3, -0.25) is 9.48 Å². The van der Waals surface area contributed by atoms with Gasteiger partial charge in [-0.05, 0) is 0 Å². The van der Waals surface area contributed by atoms with Gasteiger partial charge in [0.05, 0.1) is 0 Å². The van der Waals surface area contributed by atoms with Crippen molar-refractivity contribution in [1.29, 1.82) is 10.5 Å². The van der Waals surface area contributed by atoms with Crippen LogP contribution in [0.4, 0.5) is 5.82 Å². The summed E-state index contributed by atoms with van der Waals surface area (Å²) in [5.74, 6) is 0.108. The first-order valence-electron chi connectivity index (χ1n) is 3.32. The van der Waals surface area contributed by atoms with Gasteiger partial charge in [-0.2, -0.15) is 15.6 Å². The van der Waals surface area contributed by atoms with Gasteiger partial charge in [-0.1, -0.05) is 0 Å². The van der Waals surface area contributed by atoms with Gasteiger partial charge >= 0.3 is 0 Å². The molecule has 0 unspecified atom stereocenters. The number of carbonyl (C=O) groups is 1. The van der Waals surface area contributed by atoms with Gasteiger partial charge in [-0.15, -0.1) is 0 Å². The van der Waals surface area contributed by atoms with Crippen LogP contribution < -0.4 is 5.32 Å². The first kappa shape index (κ1) is 8.75. The zero-order valence-electron chi connectivity index (χ0n) is 6.77. The SMILES string of the molecule is Cn1nc(NC=O)c(C#N)c1C#N. The van der Waals surface area contributed by atoms with Crippen LogP contribution in [0.25, 0.3) is 0 Å². The number of carbonyl (C=O) groups excluding carboxylic acids is 1. The lowest BCUT2D eigenvalue weighted by atomic mass is 10.2. The molecule has 0 spiro atoms. The van der Waals surface area contributed by atoms with Gasteiger partial charge in [-0.25, -0.2) is 0 Å². The van der Waals surface area contributed by atoms with E-state index in [1.165, 1.54) is 11.7 Å². The number of aryl methyl sites for hydroxylation is 1. The molecule has 6 heteroatoms. The van der Waals surface area contributed by atoms with E-state index in [1.807, 2.05) is 6.07 Å². The molecule has 0 saturated heterocycles. The molecule has 13 heavy (non-hydrogen) atoms. The smallest absolute Gasteiger partial charge is 0.212 e. The maximum absolute atomic E-state index is 10.1. The predicted octanol–water partition coefficient (Wildman–Crippen LogP) is -0.268. The fraction of sp³-hybridized carbons (Fsp3) is 0.143. The second-order valence-corrected chi connectivity index (χ2v) is 2.18. The molecule has 0 atom stereocenters. The molecule has 6 nitrogen and oxygen atoms in total. The number of nitrogens with zero attached hydrogens (tertiary/aromatic N) is 4. The lowest BCUT2D eigenvalue weighted by Gasteiger charge is -1.88. The van der Waals surface area contributed by atoms with Crippen molar-refractivity contribution in [2.45, 2.75) is 0 Å². The Morgan fingerprint density at radius 3 is 2.69 bits per heavy atom. The Kier molecular flexibility index (Phi) is 2.27. The van der Waals surface area contributed by atoms with Crippen LogP contribution >= 0.6 is 0 Å². The monoisotopic (exact) mass is 175 g/mol. The number of hydrogen-bond acceptors (Lipinski definition) is 4. The number of rotatable bonds is 2. The molecule has 0 bridgehead atoms. The van der Waals surface area contributed by atoms with Gasteiger partial charge in [0.25, 0.3) is 0 Å². The van der Waals surface area contributed by atoms with Crippen molar-refractivity contribution in [3.8, 4) is 12.1 Å². The molecular weight excluding hydrogens is 170 g/mol. The van der Waals surface area contributed by atoms with Gasteiger partial charge in [0.15, 0.2) is 11.5 Å². The second kappa shape index (κ2) is 3.37. The molecule has 1 aromatic heterocycles. The Labute approximate surface area is 74.0 Å². The first-order chi connectivity index (χ1) is 6.24. The standard InChI is InChI=1S/C7H5N5O/c1-12-6(3-9)5(2-8)7(11-12)10-4-13/h4H,1H3,(H,10,11,13). The van der Waals surface area contributed by atoms with Crippen molar-refractivity contribution >= 4 is 12.2 Å². The molecule has 0 fully saturated rings. The van der Waals surface area contributed by atoms with Gasteiger partial charge in [0.2, 0.25) is 6.41 Å². The number of aromatic nitrogens is 2. The maximum Gasteiger partial charge on any atom is 0.212 e. The number of nitrogens with one attached hydrogen (secondary N) is 1. The van der Waals surface area contributed by atoms with Crippen LogP contribution in [0.2, 0.25) is 0 Å². The molecular formula is C7H5N5O. The molecule has 0 saturated carbocycles. The summed E-state index contributed by atoms with van der Waals surface area (Å²) in [5.41, 5.74) is 0.212. The Morgan fingerprint density at radius 1 is 1.54 bits per heavy atom. The predicted molar refractivity (Wildman–Crippen MR) is 42.3 cm³/mol. The lowest BCUT2D eigenvalue weighted by molar-refractivity contribution is -0.105. The second-order valence-electron chi connectivity index (χ2n) is 2.18. The average molecular weight is 175 g/mol. The van der Waals surface area contributed by atoms with E-state index in [4.69, 9.17) is 10.5 Å². The van der Waals surface area contributed by atoms with Crippen LogP contribution in [0.5, 0.6) is 0 Å². The molecule has 64 valence electrons. The van der Waals surface area contributed by atoms with E-state index in [-0.39, 0.29) is 17.1 Å². The molecule has 1 aromatic rings. The molecule has 0 aliphatic carbocycles. The fourth-order valence-corrected chi connectivity index (χ4v) is 0.915. The number of amides is 1. The minimum atomic E-state index is 0.0806. The molecule has 0 aliphatic rings. The van der Waals surface area contributed by atoms with Crippen LogP contribution in [0, 0.1) is 22.7 Å². The van der Waals surface area contributed by atoms with E-state index in [1.54, 1.807) is 6.07 Å². The Hall–Kier alpha value is -2.34. The lowest BCUT2D eigenvalue weighted by Crippen LogP contribution is -1.97. The molecule has 1 amide bonds. The van der Waals surface area contributed by atoms with Crippen molar-refractivity contribution in [1.82, 2.24) is 9.78 Å². The quantitative estimate of drug-likeness (QED) is 0.626. The molecule has 1 N–H and O–H groups in total. The van der Waals surface area contributed by atoms with Crippen LogP contribution in [0.1, 0.15) is 11.3 Å². The van der Waals surface area contributed by atoms with Crippen molar-refractivity contribution in [3.63, 3.8) is 0 Å². The number of nitriles is 2. The largest absolute Gasteiger partial charge is 0.311 e. The van der Waals surface area contributed by atoms with E-state index in [0.29, 0.717) is 6.41 Å². The van der Waals surface area contributed by atoms with Gasteiger partial charge in [0.1, 0.15) is 17.7 Å². The number of anilines is 1. The summed E-state index contributed by atoms with van der Waals surface area (Å²) in [5, 5.41) is 23.3. The van der Waals surface area contributed by atoms with E-state index in [0.717, 1.165) is 0 Å². The molecule has 1 heterocycles. The van der Waals surface area contributed by atoms with Crippen molar-refractivity contribution < 1.29 is 4.79 Å². The topological polar surface area (TPSA) is 94.5 Å². The number of hydrogen-bond donors (Lipinski definition) is 1. The van der Waals surface area contributed by atoms with Crippen LogP contribution in [-0.2, 0) is 11.8 Å². The zero-order chi connectivity index (χ0) is 9.84. The Balaban J connectivity index is 3.33. The van der Waals surface area contributed by atoms with E-state index in [9.17, 15) is 4.79 Å². The third-order valence-electron chi connectivity index (χ3n) is 1.46. The molecule has 0 aromatic carbocycles. The summed E-state index contributed by atoms with van der Waals surface area (Å²) < 4.78 is 1.24. The molecule has 1 rings (SSSR count). The van der Waals surface area contributed by atoms with Crippen molar-refractivity contribution in [3.05, 3.63) is 11.3 Å². The highest BCUT2D eigenvalue weighted by Crippen LogP contribution is 2.15. The Bertz CT molecular complexity index is 419. The summed E-state index contributed by atoms with van der Waals surface area (Å²) in [6.45, 7) is 0. The summed E-state index contributed by atoms with van der Waals surface area (Å²) in [7, 11) is 1.52. The maximum atomic E-state index is 10.1. The first-order valence-corrected chi connectivity index (χ1v) is 3.32. The third-order valence-corrected chi connectivity index (χ3v) is 1.46. The third kappa shape index (κ3) is 1.33. The average Bonchev–Trinajstić information content (AvgIpc) is 2.41. The summed E-state index contributed by atoms with van der Waals surface area (Å²) >= 11 is 0. The Morgan fingerprint density at radius 2 is 2.23 bits per heavy atom. The van der Waals surface area contributed by atoms with Gasteiger partial charge < -0.3 is 5.32 Å². The van der Waals surface area contributed by atoms with E-state index in [2.05, 4.69) is 10.4 Å². The minimum Gasteiger partial charge on any atom is -0.311 e. The summed E-state index contributed by atoms with van der Waals surface area (Å²) in [6, 6.07) is 3.61. The normalized spacial score (nSPS) is 8.54. The van der Waals surface area contributed by atoms with E-state index < -0.39 is 0 Å². The van der Waals surface area contributed by atoms with Crippen LogP contribution in [-0.4, -0.2) is 16.2 Å². The molecule has 0 aliphatic heterocycles. The van der Waals surface area contributed by atoms with Crippen molar-refractivity contribution in [2.75, 3.05) is 5.32 Å². The minimum absolute atomic E-state index is 0.0806. The summed E-state index contributed by atoms with van der Waals surface area (Å²) in [4.78, 5) is 10.1. The van der Waals surface area contributed by atoms with Crippen LogP contribution in [0.15, 0.2) is 0 Å². The summed E-state index contributed by atoms with van der Waals surface area (Å²) in [6.07, 6.45) is 0.407. The highest BCUT2D eigenvalue weighted by Gasteiger charge is 2.14. The zero-order valence-corrected chi connectivity index (χ0v) is 6.77. The highest BCUT2D eigenvalue weighted by molar-refractivity contribution is 5.74. The van der Waals surface area contributed by atoms with Gasteiger partial charge in [0, 0.05) is 7.05 Å². The highest BCUT2D eigenvalue weighted by atomic mass is 16.1. The molecule has 0 radical (unpaired) electrons. The fourth-order valence-electron chi connectivity index (χ4n) is 0.915. The van der Waals surface area contributed by atoms with Crippen molar-refractivity contribution in [2.24, 2.45) is 7.05 Å². The van der Waals surface area contributed by atoms with E-state index >= 15 is 0 Å².